The van der Waals surface area contributed by atoms with Crippen LogP contribution in [0, 0.1) is 5.92 Å². The maximum atomic E-state index is 11.0. The molecule has 1 aromatic heterocycles. The Balaban J connectivity index is 2.18. The lowest BCUT2D eigenvalue weighted by Gasteiger charge is -2.33. The van der Waals surface area contributed by atoms with Crippen LogP contribution in [0.5, 0.6) is 0 Å². The molecule has 104 valence electrons. The first-order valence-electron chi connectivity index (χ1n) is 6.37. The number of rotatable bonds is 4. The highest BCUT2D eigenvalue weighted by molar-refractivity contribution is 6.29. The number of aliphatic hydroxyl groups excluding tert-OH is 1. The summed E-state index contributed by atoms with van der Waals surface area (Å²) in [7, 11) is 0. The van der Waals surface area contributed by atoms with Crippen LogP contribution in [-0.4, -0.2) is 40.9 Å². The summed E-state index contributed by atoms with van der Waals surface area (Å²) in [5, 5.41) is 18.2. The molecule has 0 saturated carbocycles. The van der Waals surface area contributed by atoms with Crippen LogP contribution in [0.3, 0.4) is 0 Å². The smallest absolute Gasteiger partial charge is 0.335 e. The number of nitrogens with zero attached hydrogens (tertiary/aromatic N) is 2. The van der Waals surface area contributed by atoms with Crippen LogP contribution in [0.15, 0.2) is 12.1 Å². The lowest BCUT2D eigenvalue weighted by atomic mass is 9.95. The molecule has 1 unspecified atom stereocenters. The predicted octanol–water partition coefficient (Wildman–Crippen LogP) is 2.03. The third-order valence-electron chi connectivity index (χ3n) is 3.41. The third kappa shape index (κ3) is 3.58. The maximum Gasteiger partial charge on any atom is 0.335 e. The number of hydrogen-bond acceptors (Lipinski definition) is 4. The molecule has 0 bridgehead atoms. The van der Waals surface area contributed by atoms with Crippen molar-refractivity contribution in [1.29, 1.82) is 0 Å². The Labute approximate surface area is 116 Å². The van der Waals surface area contributed by atoms with Gasteiger partial charge in [0.05, 0.1) is 5.56 Å². The Bertz CT molecular complexity index is 465. The molecule has 1 saturated heterocycles. The van der Waals surface area contributed by atoms with Crippen molar-refractivity contribution < 1.29 is 15.0 Å². The summed E-state index contributed by atoms with van der Waals surface area (Å²) < 4.78 is 0. The van der Waals surface area contributed by atoms with Gasteiger partial charge in [0, 0.05) is 19.7 Å². The van der Waals surface area contributed by atoms with Gasteiger partial charge >= 0.3 is 5.97 Å². The lowest BCUT2D eigenvalue weighted by molar-refractivity contribution is 0.0697. The van der Waals surface area contributed by atoms with E-state index in [-0.39, 0.29) is 17.3 Å². The number of hydrogen-bond donors (Lipinski definition) is 2. The SMILES string of the molecule is O=C(O)c1cc(Cl)nc(N2CCCC(CCO)C2)c1. The molecule has 0 spiro atoms. The van der Waals surface area contributed by atoms with Gasteiger partial charge in [-0.1, -0.05) is 11.6 Å². The minimum absolute atomic E-state index is 0.152. The zero-order valence-electron chi connectivity index (χ0n) is 10.5. The largest absolute Gasteiger partial charge is 0.478 e. The van der Waals surface area contributed by atoms with E-state index in [2.05, 4.69) is 4.98 Å². The van der Waals surface area contributed by atoms with Crippen molar-refractivity contribution in [2.75, 3.05) is 24.6 Å². The first-order valence-corrected chi connectivity index (χ1v) is 6.74. The molecule has 1 aliphatic heterocycles. The molecule has 0 radical (unpaired) electrons. The number of halogens is 1. The second-order valence-corrected chi connectivity index (χ2v) is 5.20. The van der Waals surface area contributed by atoms with Gasteiger partial charge in [-0.25, -0.2) is 9.78 Å². The first kappa shape index (κ1) is 14.1. The molecule has 2 rings (SSSR count). The minimum atomic E-state index is -1.01. The number of aromatic nitrogens is 1. The zero-order chi connectivity index (χ0) is 13.8. The molecule has 0 amide bonds. The van der Waals surface area contributed by atoms with Crippen LogP contribution in [0.4, 0.5) is 5.82 Å². The molecule has 1 aliphatic rings. The van der Waals surface area contributed by atoms with E-state index in [0.717, 1.165) is 32.4 Å². The molecule has 1 fully saturated rings. The molecular weight excluding hydrogens is 268 g/mol. The quantitative estimate of drug-likeness (QED) is 0.828. The summed E-state index contributed by atoms with van der Waals surface area (Å²) >= 11 is 5.87. The lowest BCUT2D eigenvalue weighted by Crippen LogP contribution is -2.36. The number of aromatic carboxylic acids is 1. The number of aliphatic hydroxyl groups is 1. The zero-order valence-corrected chi connectivity index (χ0v) is 11.3. The van der Waals surface area contributed by atoms with Crippen LogP contribution in [0.1, 0.15) is 29.6 Å². The Morgan fingerprint density at radius 1 is 1.53 bits per heavy atom. The van der Waals surface area contributed by atoms with E-state index in [1.54, 1.807) is 6.07 Å². The van der Waals surface area contributed by atoms with Crippen LogP contribution in [0.2, 0.25) is 5.15 Å². The van der Waals surface area contributed by atoms with Crippen molar-refractivity contribution in [2.24, 2.45) is 5.92 Å². The summed E-state index contributed by atoms with van der Waals surface area (Å²) in [5.74, 6) is 0.0230. The molecule has 0 aliphatic carbocycles. The average Bonchev–Trinajstić information content (AvgIpc) is 2.38. The van der Waals surface area contributed by atoms with Crippen molar-refractivity contribution >= 4 is 23.4 Å². The molecule has 1 atom stereocenters. The molecule has 1 aromatic rings. The van der Waals surface area contributed by atoms with Crippen LogP contribution < -0.4 is 4.90 Å². The van der Waals surface area contributed by atoms with Gasteiger partial charge in [-0.05, 0) is 37.3 Å². The number of carboxylic acid groups (broad SMARTS) is 1. The average molecular weight is 285 g/mol. The van der Waals surface area contributed by atoms with Crippen LogP contribution >= 0.6 is 11.6 Å². The summed E-state index contributed by atoms with van der Waals surface area (Å²) in [5.41, 5.74) is 0.152. The monoisotopic (exact) mass is 284 g/mol. The topological polar surface area (TPSA) is 73.7 Å². The second-order valence-electron chi connectivity index (χ2n) is 4.81. The van der Waals surface area contributed by atoms with Crippen molar-refractivity contribution in [2.45, 2.75) is 19.3 Å². The van der Waals surface area contributed by atoms with E-state index in [1.165, 1.54) is 6.07 Å². The fraction of sp³-hybridized carbons (Fsp3) is 0.538. The van der Waals surface area contributed by atoms with Gasteiger partial charge in [0.15, 0.2) is 0 Å². The summed E-state index contributed by atoms with van der Waals surface area (Å²) in [6.07, 6.45) is 2.87. The molecule has 2 heterocycles. The standard InChI is InChI=1S/C13H17ClN2O3/c14-11-6-10(13(18)19)7-12(15-11)16-4-1-2-9(8-16)3-5-17/h6-7,9,17H,1-5,8H2,(H,18,19). The fourth-order valence-corrected chi connectivity index (χ4v) is 2.66. The third-order valence-corrected chi connectivity index (χ3v) is 3.60. The Morgan fingerprint density at radius 2 is 2.32 bits per heavy atom. The van der Waals surface area contributed by atoms with Crippen molar-refractivity contribution in [3.8, 4) is 0 Å². The van der Waals surface area contributed by atoms with Crippen molar-refractivity contribution in [3.05, 3.63) is 22.8 Å². The fourth-order valence-electron chi connectivity index (χ4n) is 2.46. The van der Waals surface area contributed by atoms with Gasteiger partial charge in [-0.3, -0.25) is 0 Å². The molecule has 6 heteroatoms. The van der Waals surface area contributed by atoms with E-state index in [1.807, 2.05) is 4.90 Å². The molecule has 19 heavy (non-hydrogen) atoms. The number of carboxylic acids is 1. The van der Waals surface area contributed by atoms with Crippen molar-refractivity contribution in [1.82, 2.24) is 4.98 Å². The van der Waals surface area contributed by atoms with Gasteiger partial charge in [0.25, 0.3) is 0 Å². The van der Waals surface area contributed by atoms with E-state index in [4.69, 9.17) is 21.8 Å². The predicted molar refractivity (Wildman–Crippen MR) is 72.8 cm³/mol. The summed E-state index contributed by atoms with van der Waals surface area (Å²) in [6, 6.07) is 2.90. The highest BCUT2D eigenvalue weighted by Crippen LogP contribution is 2.25. The summed E-state index contributed by atoms with van der Waals surface area (Å²) in [6.45, 7) is 1.81. The normalized spacial score (nSPS) is 19.5. The summed E-state index contributed by atoms with van der Waals surface area (Å²) in [4.78, 5) is 17.3. The number of pyridine rings is 1. The number of piperidine rings is 1. The van der Waals surface area contributed by atoms with Gasteiger partial charge in [0.1, 0.15) is 11.0 Å². The Morgan fingerprint density at radius 3 is 3.00 bits per heavy atom. The van der Waals surface area contributed by atoms with Gasteiger partial charge in [0.2, 0.25) is 0 Å². The van der Waals surface area contributed by atoms with Gasteiger partial charge < -0.3 is 15.1 Å². The van der Waals surface area contributed by atoms with Gasteiger partial charge in [-0.2, -0.15) is 0 Å². The molecule has 0 aromatic carbocycles. The van der Waals surface area contributed by atoms with E-state index < -0.39 is 5.97 Å². The minimum Gasteiger partial charge on any atom is -0.478 e. The van der Waals surface area contributed by atoms with Crippen LogP contribution in [0.25, 0.3) is 0 Å². The first-order chi connectivity index (χ1) is 9.10. The van der Waals surface area contributed by atoms with E-state index >= 15 is 0 Å². The van der Waals surface area contributed by atoms with E-state index in [9.17, 15) is 4.79 Å². The Kier molecular flexibility index (Phi) is 4.61. The Hall–Kier alpha value is -1.33. The van der Waals surface area contributed by atoms with Crippen molar-refractivity contribution in [3.63, 3.8) is 0 Å². The molecule has 2 N–H and O–H groups in total. The maximum absolute atomic E-state index is 11.0. The molecular formula is C13H17ClN2O3. The molecule has 5 nitrogen and oxygen atoms in total. The van der Waals surface area contributed by atoms with Crippen LogP contribution in [-0.2, 0) is 0 Å². The second kappa shape index (κ2) is 6.21. The number of anilines is 1. The highest BCUT2D eigenvalue weighted by atomic mass is 35.5. The van der Waals surface area contributed by atoms with E-state index in [0.29, 0.717) is 11.7 Å². The number of carbonyl (C=O) groups is 1. The highest BCUT2D eigenvalue weighted by Gasteiger charge is 2.21. The van der Waals surface area contributed by atoms with Gasteiger partial charge in [-0.15, -0.1) is 0 Å².